The smallest absolute Gasteiger partial charge is 0.161 e. The standard InChI is InChI=1S/C16H25N5/c1-5-7-13-15(17-9-6-2)18-11-19-16(13)21-10-8-14(20-21)12(3)4/h8,10-12H,5-7,9H2,1-4H3,(H,17,18,19). The van der Waals surface area contributed by atoms with Crippen LogP contribution in [0.3, 0.4) is 0 Å². The van der Waals surface area contributed by atoms with E-state index in [0.29, 0.717) is 5.92 Å². The number of nitrogens with one attached hydrogen (secondary N) is 1. The van der Waals surface area contributed by atoms with E-state index in [1.807, 2.05) is 10.9 Å². The van der Waals surface area contributed by atoms with Crippen LogP contribution in [-0.4, -0.2) is 26.3 Å². The molecule has 0 radical (unpaired) electrons. The van der Waals surface area contributed by atoms with Crippen LogP contribution in [0, 0.1) is 0 Å². The van der Waals surface area contributed by atoms with Crippen LogP contribution in [0.15, 0.2) is 18.6 Å². The zero-order valence-electron chi connectivity index (χ0n) is 13.4. The molecule has 1 N–H and O–H groups in total. The molecule has 0 aromatic carbocycles. The molecule has 2 heterocycles. The van der Waals surface area contributed by atoms with E-state index in [4.69, 9.17) is 0 Å². The molecule has 21 heavy (non-hydrogen) atoms. The van der Waals surface area contributed by atoms with Gasteiger partial charge in [-0.1, -0.05) is 34.1 Å². The van der Waals surface area contributed by atoms with Crippen LogP contribution in [0.25, 0.3) is 5.82 Å². The number of hydrogen-bond donors (Lipinski definition) is 1. The molecule has 5 heteroatoms. The van der Waals surface area contributed by atoms with E-state index in [9.17, 15) is 0 Å². The lowest BCUT2D eigenvalue weighted by molar-refractivity contribution is 0.743. The average Bonchev–Trinajstić information content (AvgIpc) is 2.96. The first-order chi connectivity index (χ1) is 10.2. The third-order valence-corrected chi connectivity index (χ3v) is 3.38. The second-order valence-electron chi connectivity index (χ2n) is 5.54. The Morgan fingerprint density at radius 1 is 1.19 bits per heavy atom. The summed E-state index contributed by atoms with van der Waals surface area (Å²) in [7, 11) is 0. The Hall–Kier alpha value is -1.91. The van der Waals surface area contributed by atoms with E-state index >= 15 is 0 Å². The fourth-order valence-electron chi connectivity index (χ4n) is 2.24. The summed E-state index contributed by atoms with van der Waals surface area (Å²) in [6.45, 7) is 9.53. The van der Waals surface area contributed by atoms with Gasteiger partial charge in [0, 0.05) is 18.3 Å². The first-order valence-corrected chi connectivity index (χ1v) is 7.81. The quantitative estimate of drug-likeness (QED) is 0.846. The molecule has 0 aliphatic rings. The third kappa shape index (κ3) is 3.60. The molecule has 0 amide bonds. The summed E-state index contributed by atoms with van der Waals surface area (Å²) in [4.78, 5) is 8.86. The molecular weight excluding hydrogens is 262 g/mol. The van der Waals surface area contributed by atoms with Crippen LogP contribution in [0.5, 0.6) is 0 Å². The fourth-order valence-corrected chi connectivity index (χ4v) is 2.24. The number of anilines is 1. The first kappa shape index (κ1) is 15.5. The van der Waals surface area contributed by atoms with Crippen LogP contribution in [-0.2, 0) is 6.42 Å². The molecule has 2 rings (SSSR count). The summed E-state index contributed by atoms with van der Waals surface area (Å²) in [6, 6.07) is 2.06. The highest BCUT2D eigenvalue weighted by molar-refractivity contribution is 5.51. The van der Waals surface area contributed by atoms with Crippen molar-refractivity contribution in [3.8, 4) is 5.82 Å². The largest absolute Gasteiger partial charge is 0.370 e. The SMILES string of the molecule is CCCNc1ncnc(-n2ccc(C(C)C)n2)c1CCC. The van der Waals surface area contributed by atoms with Gasteiger partial charge in [0.1, 0.15) is 12.1 Å². The maximum atomic E-state index is 4.64. The van der Waals surface area contributed by atoms with Gasteiger partial charge in [-0.15, -0.1) is 0 Å². The zero-order valence-corrected chi connectivity index (χ0v) is 13.4. The number of aromatic nitrogens is 4. The van der Waals surface area contributed by atoms with E-state index < -0.39 is 0 Å². The Morgan fingerprint density at radius 3 is 2.62 bits per heavy atom. The van der Waals surface area contributed by atoms with E-state index in [1.54, 1.807) is 6.33 Å². The Kier molecular flexibility index (Phi) is 5.31. The zero-order chi connectivity index (χ0) is 15.2. The molecule has 0 saturated carbocycles. The van der Waals surface area contributed by atoms with Crippen LogP contribution in [0.2, 0.25) is 0 Å². The summed E-state index contributed by atoms with van der Waals surface area (Å²) in [5, 5.41) is 8.04. The van der Waals surface area contributed by atoms with Crippen molar-refractivity contribution in [1.82, 2.24) is 19.7 Å². The maximum absolute atomic E-state index is 4.64. The molecule has 0 fully saturated rings. The van der Waals surface area contributed by atoms with Gasteiger partial charge >= 0.3 is 0 Å². The Morgan fingerprint density at radius 2 is 2.00 bits per heavy atom. The molecule has 0 saturated heterocycles. The highest BCUT2D eigenvalue weighted by atomic mass is 15.3. The van der Waals surface area contributed by atoms with Crippen LogP contribution in [0.1, 0.15) is 57.7 Å². The average molecular weight is 287 g/mol. The van der Waals surface area contributed by atoms with Crippen molar-refractivity contribution in [2.75, 3.05) is 11.9 Å². The fraction of sp³-hybridized carbons (Fsp3) is 0.562. The monoisotopic (exact) mass is 287 g/mol. The summed E-state index contributed by atoms with van der Waals surface area (Å²) in [5.41, 5.74) is 2.23. The number of hydrogen-bond acceptors (Lipinski definition) is 4. The van der Waals surface area contributed by atoms with Crippen molar-refractivity contribution in [3.05, 3.63) is 29.8 Å². The highest BCUT2D eigenvalue weighted by Crippen LogP contribution is 2.21. The molecular formula is C16H25N5. The van der Waals surface area contributed by atoms with E-state index in [0.717, 1.165) is 48.7 Å². The predicted molar refractivity (Wildman–Crippen MR) is 86.0 cm³/mol. The van der Waals surface area contributed by atoms with Gasteiger partial charge in [0.25, 0.3) is 0 Å². The minimum Gasteiger partial charge on any atom is -0.370 e. The summed E-state index contributed by atoms with van der Waals surface area (Å²) in [6.07, 6.45) is 6.67. The maximum Gasteiger partial charge on any atom is 0.161 e. The van der Waals surface area contributed by atoms with Gasteiger partial charge in [-0.2, -0.15) is 5.10 Å². The van der Waals surface area contributed by atoms with Gasteiger partial charge in [0.2, 0.25) is 0 Å². The van der Waals surface area contributed by atoms with E-state index in [2.05, 4.69) is 54.1 Å². The summed E-state index contributed by atoms with van der Waals surface area (Å²) >= 11 is 0. The topological polar surface area (TPSA) is 55.6 Å². The summed E-state index contributed by atoms with van der Waals surface area (Å²) < 4.78 is 1.87. The second kappa shape index (κ2) is 7.20. The number of rotatable bonds is 7. The molecule has 0 spiro atoms. The molecule has 0 bridgehead atoms. The van der Waals surface area contributed by atoms with Gasteiger partial charge in [-0.3, -0.25) is 0 Å². The van der Waals surface area contributed by atoms with Gasteiger partial charge in [0.15, 0.2) is 5.82 Å². The van der Waals surface area contributed by atoms with Crippen LogP contribution < -0.4 is 5.32 Å². The third-order valence-electron chi connectivity index (χ3n) is 3.38. The molecule has 2 aromatic rings. The van der Waals surface area contributed by atoms with Crippen molar-refractivity contribution in [3.63, 3.8) is 0 Å². The molecule has 2 aromatic heterocycles. The van der Waals surface area contributed by atoms with Crippen LogP contribution in [0.4, 0.5) is 5.82 Å². The highest BCUT2D eigenvalue weighted by Gasteiger charge is 2.14. The van der Waals surface area contributed by atoms with E-state index in [1.165, 1.54) is 0 Å². The summed E-state index contributed by atoms with van der Waals surface area (Å²) in [5.74, 6) is 2.24. The molecule has 0 aliphatic carbocycles. The lowest BCUT2D eigenvalue weighted by atomic mass is 10.1. The molecule has 0 atom stereocenters. The van der Waals surface area contributed by atoms with Crippen molar-refractivity contribution in [2.24, 2.45) is 0 Å². The van der Waals surface area contributed by atoms with E-state index in [-0.39, 0.29) is 0 Å². The van der Waals surface area contributed by atoms with Gasteiger partial charge in [0.05, 0.1) is 5.69 Å². The molecule has 114 valence electrons. The lowest BCUT2D eigenvalue weighted by Gasteiger charge is -2.13. The normalized spacial score (nSPS) is 11.1. The minimum absolute atomic E-state index is 0.417. The minimum atomic E-state index is 0.417. The van der Waals surface area contributed by atoms with Crippen molar-refractivity contribution in [2.45, 2.75) is 52.9 Å². The molecule has 5 nitrogen and oxygen atoms in total. The van der Waals surface area contributed by atoms with Crippen molar-refractivity contribution >= 4 is 5.82 Å². The lowest BCUT2D eigenvalue weighted by Crippen LogP contribution is -2.11. The second-order valence-corrected chi connectivity index (χ2v) is 5.54. The van der Waals surface area contributed by atoms with Crippen LogP contribution >= 0.6 is 0 Å². The Bertz CT molecular complexity index is 574. The predicted octanol–water partition coefficient (Wildman–Crippen LogP) is 3.56. The Labute approximate surface area is 126 Å². The van der Waals surface area contributed by atoms with Gasteiger partial charge in [-0.25, -0.2) is 14.6 Å². The Balaban J connectivity index is 2.40. The van der Waals surface area contributed by atoms with Crippen molar-refractivity contribution < 1.29 is 0 Å². The molecule has 0 unspecified atom stereocenters. The first-order valence-electron chi connectivity index (χ1n) is 7.81. The van der Waals surface area contributed by atoms with Crippen molar-refractivity contribution in [1.29, 1.82) is 0 Å². The molecule has 0 aliphatic heterocycles. The van der Waals surface area contributed by atoms with Gasteiger partial charge in [-0.05, 0) is 24.8 Å². The van der Waals surface area contributed by atoms with Gasteiger partial charge < -0.3 is 5.32 Å². The number of nitrogens with zero attached hydrogens (tertiary/aromatic N) is 4.